The van der Waals surface area contributed by atoms with E-state index in [9.17, 15) is 4.79 Å². The van der Waals surface area contributed by atoms with Gasteiger partial charge in [0.2, 0.25) is 0 Å². The minimum absolute atomic E-state index is 0.193. The number of carbonyl (C=O) groups is 1. The van der Waals surface area contributed by atoms with E-state index in [1.807, 2.05) is 18.2 Å². The highest BCUT2D eigenvalue weighted by Gasteiger charge is 2.26. The van der Waals surface area contributed by atoms with Crippen LogP contribution in [0.25, 0.3) is 0 Å². The number of fused-ring (bicyclic) bond motifs is 2. The fourth-order valence-electron chi connectivity index (χ4n) is 2.90. The SMILES string of the molecule is O=C1CCCc2sc(N3CCCOc4ccccc43)nc21. The maximum atomic E-state index is 12.0. The summed E-state index contributed by atoms with van der Waals surface area (Å²) in [7, 11) is 0. The lowest BCUT2D eigenvalue weighted by atomic mass is 10.0. The molecule has 0 amide bonds. The predicted molar refractivity (Wildman–Crippen MR) is 82.9 cm³/mol. The first-order chi connectivity index (χ1) is 10.3. The van der Waals surface area contributed by atoms with Crippen molar-refractivity contribution in [2.45, 2.75) is 25.7 Å². The van der Waals surface area contributed by atoms with E-state index >= 15 is 0 Å². The fraction of sp³-hybridized carbons (Fsp3) is 0.375. The van der Waals surface area contributed by atoms with Gasteiger partial charge in [0, 0.05) is 17.8 Å². The molecule has 0 radical (unpaired) electrons. The van der Waals surface area contributed by atoms with Crippen LogP contribution in [0.15, 0.2) is 24.3 Å². The first kappa shape index (κ1) is 12.8. The second kappa shape index (κ2) is 5.15. The third-order valence-electron chi connectivity index (χ3n) is 3.93. The molecule has 0 unspecified atom stereocenters. The summed E-state index contributed by atoms with van der Waals surface area (Å²) in [6.45, 7) is 1.59. The van der Waals surface area contributed by atoms with E-state index in [1.165, 1.54) is 0 Å². The van der Waals surface area contributed by atoms with E-state index in [-0.39, 0.29) is 5.78 Å². The van der Waals surface area contributed by atoms with Crippen LogP contribution in [0.2, 0.25) is 0 Å². The van der Waals surface area contributed by atoms with Crippen molar-refractivity contribution in [3.8, 4) is 5.75 Å². The molecule has 2 heterocycles. The molecule has 1 aromatic carbocycles. The zero-order valence-corrected chi connectivity index (χ0v) is 12.5. The Bertz CT molecular complexity index is 695. The van der Waals surface area contributed by atoms with Gasteiger partial charge in [-0.2, -0.15) is 0 Å². The fourth-order valence-corrected chi connectivity index (χ4v) is 4.06. The number of para-hydroxylation sites is 2. The summed E-state index contributed by atoms with van der Waals surface area (Å²) in [5, 5.41) is 0.924. The zero-order valence-electron chi connectivity index (χ0n) is 11.7. The molecule has 0 N–H and O–H groups in total. The lowest BCUT2D eigenvalue weighted by molar-refractivity contribution is 0.0968. The van der Waals surface area contributed by atoms with Crippen molar-refractivity contribution in [3.63, 3.8) is 0 Å². The molecular weight excluding hydrogens is 284 g/mol. The Labute approximate surface area is 127 Å². The summed E-state index contributed by atoms with van der Waals surface area (Å²) in [6.07, 6.45) is 3.51. The lowest BCUT2D eigenvalue weighted by Gasteiger charge is -2.20. The third kappa shape index (κ3) is 2.21. The van der Waals surface area contributed by atoms with Crippen molar-refractivity contribution in [1.29, 1.82) is 0 Å². The highest BCUT2D eigenvalue weighted by Crippen LogP contribution is 2.39. The molecule has 1 aromatic heterocycles. The number of benzene rings is 1. The Morgan fingerprint density at radius 2 is 2.10 bits per heavy atom. The number of aromatic nitrogens is 1. The largest absolute Gasteiger partial charge is 0.491 e. The summed E-state index contributed by atoms with van der Waals surface area (Å²) in [6, 6.07) is 8.05. The molecule has 0 fully saturated rings. The quantitative estimate of drug-likeness (QED) is 0.807. The molecule has 0 saturated heterocycles. The Morgan fingerprint density at radius 3 is 3.00 bits per heavy atom. The van der Waals surface area contributed by atoms with Crippen molar-refractivity contribution in [1.82, 2.24) is 4.98 Å². The molecule has 0 bridgehead atoms. The molecular formula is C16H16N2O2S. The molecule has 4 nitrogen and oxygen atoms in total. The summed E-state index contributed by atoms with van der Waals surface area (Å²) >= 11 is 1.66. The van der Waals surface area contributed by atoms with Crippen molar-refractivity contribution in [2.75, 3.05) is 18.1 Å². The smallest absolute Gasteiger partial charge is 0.190 e. The highest BCUT2D eigenvalue weighted by molar-refractivity contribution is 7.16. The lowest BCUT2D eigenvalue weighted by Crippen LogP contribution is -2.17. The molecule has 0 atom stereocenters. The Balaban J connectivity index is 1.78. The van der Waals surface area contributed by atoms with Crippen LogP contribution in [0.4, 0.5) is 10.8 Å². The Kier molecular flexibility index (Phi) is 3.15. The van der Waals surface area contributed by atoms with Gasteiger partial charge in [0.05, 0.1) is 12.3 Å². The summed E-state index contributed by atoms with van der Waals surface area (Å²) in [4.78, 5) is 20.0. The molecule has 0 spiro atoms. The first-order valence-electron chi connectivity index (χ1n) is 7.35. The van der Waals surface area contributed by atoms with Crippen LogP contribution in [0, 0.1) is 0 Å². The van der Waals surface area contributed by atoms with E-state index < -0.39 is 0 Å². The molecule has 1 aliphatic heterocycles. The molecule has 21 heavy (non-hydrogen) atoms. The topological polar surface area (TPSA) is 42.4 Å². The van der Waals surface area contributed by atoms with E-state index in [2.05, 4.69) is 16.0 Å². The number of ketones is 1. The van der Waals surface area contributed by atoms with Crippen LogP contribution >= 0.6 is 11.3 Å². The number of nitrogens with zero attached hydrogens (tertiary/aromatic N) is 2. The predicted octanol–water partition coefficient (Wildman–Crippen LogP) is 3.58. The maximum Gasteiger partial charge on any atom is 0.190 e. The highest BCUT2D eigenvalue weighted by atomic mass is 32.1. The van der Waals surface area contributed by atoms with Gasteiger partial charge in [0.1, 0.15) is 11.4 Å². The number of carbonyl (C=O) groups excluding carboxylic acids is 1. The average Bonchev–Trinajstić information content (AvgIpc) is 2.82. The summed E-state index contributed by atoms with van der Waals surface area (Å²) in [5.41, 5.74) is 1.75. The minimum Gasteiger partial charge on any atom is -0.491 e. The van der Waals surface area contributed by atoms with Crippen LogP contribution in [-0.4, -0.2) is 23.9 Å². The maximum absolute atomic E-state index is 12.0. The third-order valence-corrected chi connectivity index (χ3v) is 5.07. The molecule has 4 rings (SSSR count). The van der Waals surface area contributed by atoms with Crippen molar-refractivity contribution >= 4 is 27.9 Å². The van der Waals surface area contributed by atoms with E-state index in [4.69, 9.17) is 4.74 Å². The first-order valence-corrected chi connectivity index (χ1v) is 8.17. The van der Waals surface area contributed by atoms with Gasteiger partial charge in [0.25, 0.3) is 0 Å². The normalized spacial score (nSPS) is 17.7. The Morgan fingerprint density at radius 1 is 1.19 bits per heavy atom. The van der Waals surface area contributed by atoms with E-state index in [0.717, 1.165) is 53.9 Å². The van der Waals surface area contributed by atoms with E-state index in [1.54, 1.807) is 11.3 Å². The number of Topliss-reactive ketones (excluding diaryl/α,β-unsaturated/α-hetero) is 1. The molecule has 1 aliphatic carbocycles. The van der Waals surface area contributed by atoms with Gasteiger partial charge in [-0.25, -0.2) is 4.98 Å². The van der Waals surface area contributed by atoms with E-state index in [0.29, 0.717) is 12.1 Å². The van der Waals surface area contributed by atoms with Crippen LogP contribution in [0.5, 0.6) is 5.75 Å². The van der Waals surface area contributed by atoms with Crippen LogP contribution in [0.3, 0.4) is 0 Å². The standard InChI is InChI=1S/C16H16N2O2S/c19-12-6-3-8-14-15(12)17-16(21-14)18-9-4-10-20-13-7-2-1-5-11(13)18/h1-2,5,7H,3-4,6,8-10H2. The molecule has 108 valence electrons. The average molecular weight is 300 g/mol. The minimum atomic E-state index is 0.193. The number of anilines is 2. The molecule has 0 saturated carbocycles. The van der Waals surface area contributed by atoms with Gasteiger partial charge in [-0.05, 0) is 31.4 Å². The van der Waals surface area contributed by atoms with Crippen molar-refractivity contribution in [3.05, 3.63) is 34.8 Å². The van der Waals surface area contributed by atoms with Gasteiger partial charge in [0.15, 0.2) is 10.9 Å². The van der Waals surface area contributed by atoms with Crippen LogP contribution in [0.1, 0.15) is 34.6 Å². The van der Waals surface area contributed by atoms with Crippen LogP contribution in [-0.2, 0) is 6.42 Å². The Hall–Kier alpha value is -1.88. The number of ether oxygens (including phenoxy) is 1. The van der Waals surface area contributed by atoms with Gasteiger partial charge in [-0.1, -0.05) is 12.1 Å². The van der Waals surface area contributed by atoms with Crippen LogP contribution < -0.4 is 9.64 Å². The molecule has 2 aromatic rings. The van der Waals surface area contributed by atoms with Gasteiger partial charge < -0.3 is 9.64 Å². The molecule has 2 aliphatic rings. The number of hydrogen-bond acceptors (Lipinski definition) is 5. The van der Waals surface area contributed by atoms with Crippen molar-refractivity contribution in [2.24, 2.45) is 0 Å². The number of rotatable bonds is 1. The number of hydrogen-bond donors (Lipinski definition) is 0. The van der Waals surface area contributed by atoms with Gasteiger partial charge >= 0.3 is 0 Å². The monoisotopic (exact) mass is 300 g/mol. The number of thiazole rings is 1. The zero-order chi connectivity index (χ0) is 14.2. The molecule has 5 heteroatoms. The summed E-state index contributed by atoms with van der Waals surface area (Å²) in [5.74, 6) is 1.09. The number of aryl methyl sites for hydroxylation is 1. The second-order valence-corrected chi connectivity index (χ2v) is 6.43. The van der Waals surface area contributed by atoms with Gasteiger partial charge in [-0.3, -0.25) is 4.79 Å². The summed E-state index contributed by atoms with van der Waals surface area (Å²) < 4.78 is 5.79. The van der Waals surface area contributed by atoms with Gasteiger partial charge in [-0.15, -0.1) is 11.3 Å². The second-order valence-electron chi connectivity index (χ2n) is 5.37. The van der Waals surface area contributed by atoms with Crippen molar-refractivity contribution < 1.29 is 9.53 Å².